The predicted molar refractivity (Wildman–Crippen MR) is 112 cm³/mol. The number of hydrogen-bond acceptors (Lipinski definition) is 4. The van der Waals surface area contributed by atoms with E-state index in [1.54, 1.807) is 0 Å². The van der Waals surface area contributed by atoms with Crippen LogP contribution in [0, 0.1) is 17.2 Å². The quantitative estimate of drug-likeness (QED) is 0.310. The molecular formula is C19H27IN4O2. The van der Waals surface area contributed by atoms with Crippen molar-refractivity contribution in [3.8, 4) is 6.07 Å². The fraction of sp³-hybridized carbons (Fsp3) is 0.526. The number of ether oxygens (including phenoxy) is 1. The molecule has 0 radical (unpaired) electrons. The van der Waals surface area contributed by atoms with E-state index in [1.165, 1.54) is 0 Å². The lowest BCUT2D eigenvalue weighted by molar-refractivity contribution is -0.149. The number of benzene rings is 1. The first-order valence-corrected chi connectivity index (χ1v) is 8.86. The maximum atomic E-state index is 11.9. The maximum absolute atomic E-state index is 11.9. The smallest absolute Gasteiger partial charge is 0.309 e. The number of esters is 1. The first-order chi connectivity index (χ1) is 12.2. The summed E-state index contributed by atoms with van der Waals surface area (Å²) in [5, 5.41) is 12.2. The van der Waals surface area contributed by atoms with Crippen molar-refractivity contribution in [2.24, 2.45) is 10.9 Å². The van der Waals surface area contributed by atoms with Crippen molar-refractivity contribution in [2.45, 2.75) is 33.2 Å². The van der Waals surface area contributed by atoms with Crippen molar-refractivity contribution in [2.75, 3.05) is 26.2 Å². The highest BCUT2D eigenvalue weighted by Gasteiger charge is 2.27. The normalized spacial score (nSPS) is 15.0. The van der Waals surface area contributed by atoms with Gasteiger partial charge in [-0.05, 0) is 44.4 Å². The summed E-state index contributed by atoms with van der Waals surface area (Å²) in [4.78, 5) is 18.8. The van der Waals surface area contributed by atoms with Crippen molar-refractivity contribution in [1.29, 1.82) is 5.26 Å². The summed E-state index contributed by atoms with van der Waals surface area (Å²) in [5.74, 6) is 0.786. The Hall–Kier alpha value is -1.82. The first-order valence-electron chi connectivity index (χ1n) is 8.86. The molecule has 7 heteroatoms. The van der Waals surface area contributed by atoms with Gasteiger partial charge in [0.25, 0.3) is 0 Å². The van der Waals surface area contributed by atoms with Gasteiger partial charge in [-0.3, -0.25) is 4.79 Å². The van der Waals surface area contributed by atoms with E-state index >= 15 is 0 Å². The lowest BCUT2D eigenvalue weighted by atomic mass is 9.97. The predicted octanol–water partition coefficient (Wildman–Crippen LogP) is 2.92. The number of guanidine groups is 1. The molecule has 1 aliphatic rings. The molecule has 0 unspecified atom stereocenters. The monoisotopic (exact) mass is 470 g/mol. The molecule has 1 aromatic carbocycles. The molecular weight excluding hydrogens is 443 g/mol. The van der Waals surface area contributed by atoms with Crippen molar-refractivity contribution >= 4 is 35.9 Å². The first kappa shape index (κ1) is 22.2. The largest absolute Gasteiger partial charge is 0.466 e. The summed E-state index contributed by atoms with van der Waals surface area (Å²) in [6, 6.07) is 9.59. The molecule has 0 atom stereocenters. The SMILES string of the molecule is CCNC(=NCc1ccc(C#N)cc1)N1CCC(C(=O)OCC)CC1.I. The van der Waals surface area contributed by atoms with Gasteiger partial charge < -0.3 is 15.0 Å². The van der Waals surface area contributed by atoms with Crippen LogP contribution in [0.15, 0.2) is 29.3 Å². The van der Waals surface area contributed by atoms with Gasteiger partial charge in [0.2, 0.25) is 0 Å². The topological polar surface area (TPSA) is 77.7 Å². The van der Waals surface area contributed by atoms with E-state index in [1.807, 2.05) is 38.1 Å². The van der Waals surface area contributed by atoms with Gasteiger partial charge in [-0.15, -0.1) is 24.0 Å². The maximum Gasteiger partial charge on any atom is 0.309 e. The third kappa shape index (κ3) is 6.48. The van der Waals surface area contributed by atoms with Gasteiger partial charge in [-0.1, -0.05) is 12.1 Å². The van der Waals surface area contributed by atoms with E-state index in [0.717, 1.165) is 44.0 Å². The summed E-state index contributed by atoms with van der Waals surface area (Å²) < 4.78 is 5.12. The lowest BCUT2D eigenvalue weighted by Crippen LogP contribution is -2.46. The zero-order valence-electron chi connectivity index (χ0n) is 15.4. The van der Waals surface area contributed by atoms with Gasteiger partial charge in [0.15, 0.2) is 5.96 Å². The van der Waals surface area contributed by atoms with E-state index in [-0.39, 0.29) is 35.9 Å². The van der Waals surface area contributed by atoms with Crippen LogP contribution in [0.1, 0.15) is 37.8 Å². The van der Waals surface area contributed by atoms with Crippen molar-refractivity contribution in [3.63, 3.8) is 0 Å². The Bertz CT molecular complexity index is 632. The van der Waals surface area contributed by atoms with Crippen LogP contribution in [0.3, 0.4) is 0 Å². The van der Waals surface area contributed by atoms with E-state index in [0.29, 0.717) is 18.7 Å². The Balaban J connectivity index is 0.00000338. The number of nitrogens with one attached hydrogen (secondary N) is 1. The van der Waals surface area contributed by atoms with Crippen LogP contribution >= 0.6 is 24.0 Å². The molecule has 1 saturated heterocycles. The Morgan fingerprint density at radius 1 is 1.31 bits per heavy atom. The zero-order valence-corrected chi connectivity index (χ0v) is 17.7. The molecule has 26 heavy (non-hydrogen) atoms. The minimum Gasteiger partial charge on any atom is -0.466 e. The summed E-state index contributed by atoms with van der Waals surface area (Å²) in [6.45, 7) is 7.27. The van der Waals surface area contributed by atoms with Gasteiger partial charge in [-0.2, -0.15) is 5.26 Å². The average Bonchev–Trinajstić information content (AvgIpc) is 2.66. The molecule has 1 N–H and O–H groups in total. The summed E-state index contributed by atoms with van der Waals surface area (Å²) >= 11 is 0. The van der Waals surface area contributed by atoms with Crippen molar-refractivity contribution < 1.29 is 9.53 Å². The highest BCUT2D eigenvalue weighted by molar-refractivity contribution is 14.0. The third-order valence-electron chi connectivity index (χ3n) is 4.24. The van der Waals surface area contributed by atoms with Gasteiger partial charge in [0.05, 0.1) is 30.7 Å². The molecule has 142 valence electrons. The van der Waals surface area contributed by atoms with Crippen molar-refractivity contribution in [3.05, 3.63) is 35.4 Å². The zero-order chi connectivity index (χ0) is 18.1. The molecule has 6 nitrogen and oxygen atoms in total. The molecule has 0 amide bonds. The van der Waals surface area contributed by atoms with Crippen LogP contribution in [0.2, 0.25) is 0 Å². The minimum atomic E-state index is -0.0818. The lowest BCUT2D eigenvalue weighted by Gasteiger charge is -2.33. The van der Waals surface area contributed by atoms with Crippen LogP contribution < -0.4 is 5.32 Å². The summed E-state index contributed by atoms with van der Waals surface area (Å²) in [5.41, 5.74) is 1.72. The summed E-state index contributed by atoms with van der Waals surface area (Å²) in [6.07, 6.45) is 1.58. The highest BCUT2D eigenvalue weighted by Crippen LogP contribution is 2.19. The standard InChI is InChI=1S/C19H26N4O2.HI/c1-3-21-19(22-14-16-7-5-15(13-20)6-8-16)23-11-9-17(10-12-23)18(24)25-4-2;/h5-8,17H,3-4,9-12,14H2,1-2H3,(H,21,22);1H. The summed E-state index contributed by atoms with van der Waals surface area (Å²) in [7, 11) is 0. The number of rotatable bonds is 5. The number of piperidine rings is 1. The van der Waals surface area contributed by atoms with Gasteiger partial charge in [-0.25, -0.2) is 4.99 Å². The number of hydrogen-bond donors (Lipinski definition) is 1. The highest BCUT2D eigenvalue weighted by atomic mass is 127. The van der Waals surface area contributed by atoms with Crippen LogP contribution in [0.5, 0.6) is 0 Å². The number of nitriles is 1. The Morgan fingerprint density at radius 2 is 1.96 bits per heavy atom. The number of carbonyl (C=O) groups is 1. The molecule has 1 fully saturated rings. The second-order valence-electron chi connectivity index (χ2n) is 5.99. The van der Waals surface area contributed by atoms with E-state index in [2.05, 4.69) is 16.3 Å². The number of halogens is 1. The second-order valence-corrected chi connectivity index (χ2v) is 5.99. The van der Waals surface area contributed by atoms with E-state index in [4.69, 9.17) is 15.0 Å². The van der Waals surface area contributed by atoms with Crippen LogP contribution in [-0.2, 0) is 16.1 Å². The fourth-order valence-corrected chi connectivity index (χ4v) is 2.86. The number of nitrogens with zero attached hydrogens (tertiary/aromatic N) is 3. The molecule has 2 rings (SSSR count). The Morgan fingerprint density at radius 3 is 2.50 bits per heavy atom. The molecule has 0 aromatic heterocycles. The van der Waals surface area contributed by atoms with Gasteiger partial charge in [0.1, 0.15) is 0 Å². The van der Waals surface area contributed by atoms with Crippen molar-refractivity contribution in [1.82, 2.24) is 10.2 Å². The third-order valence-corrected chi connectivity index (χ3v) is 4.24. The van der Waals surface area contributed by atoms with Crippen LogP contribution in [0.4, 0.5) is 0 Å². The molecule has 1 aromatic rings. The van der Waals surface area contributed by atoms with E-state index < -0.39 is 0 Å². The van der Waals surface area contributed by atoms with Crippen LogP contribution in [0.25, 0.3) is 0 Å². The average molecular weight is 470 g/mol. The molecule has 0 spiro atoms. The number of likely N-dealkylation sites (tertiary alicyclic amines) is 1. The molecule has 0 saturated carbocycles. The number of carbonyl (C=O) groups excluding carboxylic acids is 1. The molecule has 1 heterocycles. The van der Waals surface area contributed by atoms with E-state index in [9.17, 15) is 4.79 Å². The minimum absolute atomic E-state index is 0. The Labute approximate surface area is 172 Å². The molecule has 0 bridgehead atoms. The Kier molecular flexibility index (Phi) is 10.0. The van der Waals surface area contributed by atoms with Gasteiger partial charge in [0, 0.05) is 19.6 Å². The van der Waals surface area contributed by atoms with Gasteiger partial charge >= 0.3 is 5.97 Å². The van der Waals surface area contributed by atoms with Crippen LogP contribution in [-0.4, -0.2) is 43.1 Å². The second kappa shape index (κ2) is 11.7. The fourth-order valence-electron chi connectivity index (χ4n) is 2.86. The molecule has 0 aliphatic carbocycles. The molecule has 1 aliphatic heterocycles. The number of aliphatic imine (C=N–C) groups is 1.